The van der Waals surface area contributed by atoms with Crippen LogP contribution in [0.15, 0.2) is 21.8 Å². The molecule has 13 heteroatoms. The normalized spacial score (nSPS) is 13.1. The summed E-state index contributed by atoms with van der Waals surface area (Å²) in [6.07, 6.45) is 0.936. The number of thiophene rings is 1. The van der Waals surface area contributed by atoms with E-state index in [4.69, 9.17) is 5.73 Å². The highest BCUT2D eigenvalue weighted by molar-refractivity contribution is 7.08. The molecule has 0 saturated heterocycles. The maximum Gasteiger partial charge on any atom is 0.475 e. The van der Waals surface area contributed by atoms with Gasteiger partial charge in [-0.05, 0) is 36.6 Å². The first-order valence-corrected chi connectivity index (χ1v) is 10.5. The van der Waals surface area contributed by atoms with Crippen molar-refractivity contribution in [2.45, 2.75) is 52.9 Å². The molecule has 0 spiro atoms. The van der Waals surface area contributed by atoms with Crippen molar-refractivity contribution in [2.24, 2.45) is 22.6 Å². The van der Waals surface area contributed by atoms with E-state index in [-0.39, 0.29) is 44.5 Å². The fourth-order valence-corrected chi connectivity index (χ4v) is 3.48. The zero-order valence-electron chi connectivity index (χ0n) is 17.0. The number of hydrogen-bond acceptors (Lipinski definition) is 8. The molecular formula is C18H32BN5O6S. The summed E-state index contributed by atoms with van der Waals surface area (Å²) in [5.74, 6) is -2.46. The van der Waals surface area contributed by atoms with Crippen LogP contribution in [0.2, 0.25) is 0 Å². The Kier molecular flexibility index (Phi) is 13.3. The lowest BCUT2D eigenvalue weighted by atomic mass is 9.74. The number of carbonyl (C=O) groups is 2. The van der Waals surface area contributed by atoms with Crippen LogP contribution >= 0.6 is 11.3 Å². The fraction of sp³-hybridized carbons (Fsp3) is 0.611. The van der Waals surface area contributed by atoms with Crippen LogP contribution in [0.4, 0.5) is 0 Å². The van der Waals surface area contributed by atoms with Crippen LogP contribution in [0.25, 0.3) is 0 Å². The second-order valence-electron chi connectivity index (χ2n) is 7.27. The summed E-state index contributed by atoms with van der Waals surface area (Å²) in [4.78, 5) is 39.4. The number of ketones is 1. The van der Waals surface area contributed by atoms with Gasteiger partial charge in [0.15, 0.2) is 10.8 Å². The predicted molar refractivity (Wildman–Crippen MR) is 121 cm³/mol. The number of Topliss-reactive ketones (excluding diaryl/α,β-unsaturated/α-hetero) is 1. The van der Waals surface area contributed by atoms with E-state index in [1.807, 2.05) is 13.8 Å². The lowest BCUT2D eigenvalue weighted by molar-refractivity contribution is -0.525. The Labute approximate surface area is 186 Å². The Hall–Kier alpha value is -2.51. The van der Waals surface area contributed by atoms with Gasteiger partial charge in [0.05, 0.1) is 5.94 Å². The molecule has 1 aromatic rings. The number of amides is 1. The Morgan fingerprint density at radius 1 is 1.39 bits per heavy atom. The lowest BCUT2D eigenvalue weighted by Crippen LogP contribution is -2.49. The molecule has 31 heavy (non-hydrogen) atoms. The molecule has 0 unspecified atom stereocenters. The number of aliphatic imine (C=N–C) groups is 1. The number of nitro groups is 1. The van der Waals surface area contributed by atoms with Gasteiger partial charge in [0.2, 0.25) is 5.91 Å². The summed E-state index contributed by atoms with van der Waals surface area (Å²) < 4.78 is 0. The molecule has 0 aliphatic heterocycles. The van der Waals surface area contributed by atoms with Gasteiger partial charge in [0.1, 0.15) is 0 Å². The molecule has 2 atom stereocenters. The van der Waals surface area contributed by atoms with E-state index in [9.17, 15) is 29.8 Å². The summed E-state index contributed by atoms with van der Waals surface area (Å²) in [6, 6.07) is 1.68. The number of hydrazine groups is 1. The molecule has 1 heterocycles. The number of nitrogens with two attached hydrogens (primary N) is 1. The molecule has 0 aromatic carbocycles. The molecule has 0 aliphatic rings. The van der Waals surface area contributed by atoms with Crippen molar-refractivity contribution in [1.29, 1.82) is 0 Å². The molecule has 0 bridgehead atoms. The van der Waals surface area contributed by atoms with Crippen molar-refractivity contribution < 1.29 is 24.7 Å². The molecule has 0 fully saturated rings. The second kappa shape index (κ2) is 14.5. The quantitative estimate of drug-likeness (QED) is 0.0553. The third-order valence-electron chi connectivity index (χ3n) is 4.26. The molecule has 174 valence electrons. The van der Waals surface area contributed by atoms with Gasteiger partial charge in [-0.2, -0.15) is 11.3 Å². The van der Waals surface area contributed by atoms with Gasteiger partial charge in [-0.1, -0.05) is 26.7 Å². The van der Waals surface area contributed by atoms with E-state index in [2.05, 4.69) is 10.3 Å². The maximum atomic E-state index is 12.8. The van der Waals surface area contributed by atoms with Crippen LogP contribution in [0.1, 0.15) is 57.3 Å². The Morgan fingerprint density at radius 3 is 2.58 bits per heavy atom. The maximum absolute atomic E-state index is 12.8. The van der Waals surface area contributed by atoms with Crippen LogP contribution in [0.5, 0.6) is 0 Å². The standard InChI is InChI=1S/C17H28BN5O6S.CH4/c1-11(2)8-15(18(26)27)21-16(25)12(9-14(24)13-5-7-30-10-13)4-3-6-20-17(19)22-23(28)29;/h5,7,10-12,15,26-27H,3-4,6,8-9H2,1-2H3,(H,21,25)(H3,19,20,22);1H4/t12-,15+;/m1./s1. The van der Waals surface area contributed by atoms with Crippen LogP contribution in [0, 0.1) is 22.0 Å². The zero-order valence-corrected chi connectivity index (χ0v) is 17.8. The minimum atomic E-state index is -1.72. The topological polar surface area (TPSA) is 180 Å². The third-order valence-corrected chi connectivity index (χ3v) is 4.94. The average Bonchev–Trinajstić information content (AvgIpc) is 3.17. The monoisotopic (exact) mass is 457 g/mol. The average molecular weight is 457 g/mol. The number of guanidine groups is 1. The first-order chi connectivity index (χ1) is 14.1. The summed E-state index contributed by atoms with van der Waals surface area (Å²) in [7, 11) is -1.72. The Morgan fingerprint density at radius 2 is 2.06 bits per heavy atom. The molecule has 0 saturated carbocycles. The van der Waals surface area contributed by atoms with Crippen molar-refractivity contribution >= 4 is 36.1 Å². The first kappa shape index (κ1) is 28.5. The second-order valence-corrected chi connectivity index (χ2v) is 8.05. The smallest absolute Gasteiger partial charge is 0.426 e. The highest BCUT2D eigenvalue weighted by atomic mass is 32.1. The van der Waals surface area contributed by atoms with Gasteiger partial charge in [-0.3, -0.25) is 9.59 Å². The molecule has 1 rings (SSSR count). The van der Waals surface area contributed by atoms with E-state index in [0.717, 1.165) is 0 Å². The fourth-order valence-electron chi connectivity index (χ4n) is 2.82. The number of nitrogens with zero attached hydrogens (tertiary/aromatic N) is 2. The van der Waals surface area contributed by atoms with Gasteiger partial charge >= 0.3 is 7.12 Å². The summed E-state index contributed by atoms with van der Waals surface area (Å²) >= 11 is 1.37. The number of nitrogens with one attached hydrogen (secondary N) is 2. The lowest BCUT2D eigenvalue weighted by Gasteiger charge is -2.23. The number of hydrogen-bond donors (Lipinski definition) is 5. The van der Waals surface area contributed by atoms with E-state index in [0.29, 0.717) is 18.4 Å². The van der Waals surface area contributed by atoms with E-state index >= 15 is 0 Å². The summed E-state index contributed by atoms with van der Waals surface area (Å²) in [6.45, 7) is 3.90. The van der Waals surface area contributed by atoms with Gasteiger partial charge < -0.3 is 21.1 Å². The molecule has 1 amide bonds. The molecule has 0 aliphatic carbocycles. The van der Waals surface area contributed by atoms with Gasteiger partial charge in [-0.25, -0.2) is 15.1 Å². The number of carbonyl (C=O) groups excluding carboxylic acids is 2. The first-order valence-electron chi connectivity index (χ1n) is 9.53. The van der Waals surface area contributed by atoms with Crippen LogP contribution in [0.3, 0.4) is 0 Å². The van der Waals surface area contributed by atoms with Crippen molar-refractivity contribution in [2.75, 3.05) is 6.54 Å². The summed E-state index contributed by atoms with van der Waals surface area (Å²) in [5.41, 5.74) is 7.58. The van der Waals surface area contributed by atoms with Gasteiger partial charge in [0, 0.05) is 29.8 Å². The molecule has 11 nitrogen and oxygen atoms in total. The predicted octanol–water partition coefficient (Wildman–Crippen LogP) is 0.992. The van der Waals surface area contributed by atoms with E-state index in [1.54, 1.807) is 22.3 Å². The Bertz CT molecular complexity index is 729. The van der Waals surface area contributed by atoms with Crippen molar-refractivity contribution in [3.8, 4) is 0 Å². The minimum Gasteiger partial charge on any atom is -0.426 e. The largest absolute Gasteiger partial charge is 0.475 e. The summed E-state index contributed by atoms with van der Waals surface area (Å²) in [5, 5.41) is 34.7. The zero-order chi connectivity index (χ0) is 22.7. The third kappa shape index (κ3) is 11.5. The highest BCUT2D eigenvalue weighted by Crippen LogP contribution is 2.18. The van der Waals surface area contributed by atoms with Crippen molar-refractivity contribution in [3.05, 3.63) is 32.5 Å². The van der Waals surface area contributed by atoms with Crippen molar-refractivity contribution in [1.82, 2.24) is 10.7 Å². The molecule has 0 radical (unpaired) electrons. The van der Waals surface area contributed by atoms with Crippen LogP contribution in [-0.2, 0) is 4.79 Å². The van der Waals surface area contributed by atoms with Crippen molar-refractivity contribution in [3.63, 3.8) is 0 Å². The molecular weight excluding hydrogens is 425 g/mol. The van der Waals surface area contributed by atoms with Gasteiger partial charge in [0.25, 0.3) is 5.96 Å². The van der Waals surface area contributed by atoms with Gasteiger partial charge in [-0.15, -0.1) is 0 Å². The van der Waals surface area contributed by atoms with E-state index in [1.165, 1.54) is 11.3 Å². The number of rotatable bonds is 13. The SMILES string of the molecule is C.CC(C)C[C@H](NC(=O)[C@H](CCCN=C(N)N[N+](=O)[O-])CC(=O)c1ccsc1)B(O)O. The molecule has 6 N–H and O–H groups in total. The van der Waals surface area contributed by atoms with Crippen LogP contribution < -0.4 is 16.5 Å². The Balaban J connectivity index is 0.00000900. The minimum absolute atomic E-state index is 0. The van der Waals surface area contributed by atoms with E-state index < -0.39 is 29.9 Å². The highest BCUT2D eigenvalue weighted by Gasteiger charge is 2.30. The van der Waals surface area contributed by atoms with Crippen LogP contribution in [-0.4, -0.2) is 52.3 Å². The molecule has 1 aromatic heterocycles.